The lowest BCUT2D eigenvalue weighted by Crippen LogP contribution is -2.79. The summed E-state index contributed by atoms with van der Waals surface area (Å²) < 4.78 is 0. The molecule has 3 heteroatoms. The molecule has 0 aromatic rings. The highest BCUT2D eigenvalue weighted by Crippen LogP contribution is 2.07. The van der Waals surface area contributed by atoms with Gasteiger partial charge >= 0.3 is 11.8 Å². The van der Waals surface area contributed by atoms with E-state index in [0.29, 0.717) is 6.42 Å². The van der Waals surface area contributed by atoms with Gasteiger partial charge in [-0.15, -0.1) is 4.99 Å². The third-order valence-corrected chi connectivity index (χ3v) is 1.68. The summed E-state index contributed by atoms with van der Waals surface area (Å²) in [7, 11) is 0. The largest absolute Gasteiger partial charge is 0.460 e. The normalized spacial score (nSPS) is 19.4. The zero-order valence-electron chi connectivity index (χ0n) is 6.06. The summed E-state index contributed by atoms with van der Waals surface area (Å²) >= 11 is 0. The van der Waals surface area contributed by atoms with Crippen molar-refractivity contribution in [3.63, 3.8) is 0 Å². The lowest BCUT2D eigenvalue weighted by atomic mass is 10.1. The van der Waals surface area contributed by atoms with Crippen molar-refractivity contribution in [2.75, 3.05) is 0 Å². The zero-order valence-corrected chi connectivity index (χ0v) is 6.06. The van der Waals surface area contributed by atoms with Crippen LogP contribution in [0.15, 0.2) is 11.1 Å². The van der Waals surface area contributed by atoms with E-state index < -0.39 is 0 Å². The average molecular weight is 140 g/mol. The van der Waals surface area contributed by atoms with Crippen molar-refractivity contribution in [3.05, 3.63) is 11.1 Å². The molecule has 54 valence electrons. The Kier molecular flexibility index (Phi) is 1.57. The Morgan fingerprint density at radius 2 is 2.10 bits per heavy atom. The molecule has 10 heavy (non-hydrogen) atoms. The molecule has 3 nitrogen and oxygen atoms in total. The third-order valence-electron chi connectivity index (χ3n) is 1.68. The van der Waals surface area contributed by atoms with Gasteiger partial charge in [0, 0.05) is 0 Å². The molecule has 0 aliphatic carbocycles. The Morgan fingerprint density at radius 3 is 2.60 bits per heavy atom. The summed E-state index contributed by atoms with van der Waals surface area (Å²) in [5.74, 6) is -0.144. The van der Waals surface area contributed by atoms with E-state index >= 15 is 0 Å². The minimum atomic E-state index is -0.138. The summed E-state index contributed by atoms with van der Waals surface area (Å²) in [6, 6.07) is 0. The fourth-order valence-corrected chi connectivity index (χ4v) is 0.846. The first kappa shape index (κ1) is 6.99. The molecule has 1 amide bonds. The van der Waals surface area contributed by atoms with Crippen LogP contribution in [-0.2, 0) is 4.79 Å². The molecular weight excluding hydrogens is 130 g/mol. The molecule has 0 saturated carbocycles. The second-order valence-corrected chi connectivity index (χ2v) is 2.48. The smallest absolute Gasteiger partial charge is 0.392 e. The Bertz CT molecular complexity index is 232. The quantitative estimate of drug-likeness (QED) is 0.467. The highest BCUT2D eigenvalue weighted by Gasteiger charge is 2.21. The molecular formula is C7H10NO2+. The highest BCUT2D eigenvalue weighted by molar-refractivity contribution is 5.93. The van der Waals surface area contributed by atoms with Crippen LogP contribution in [0.3, 0.4) is 0 Å². The van der Waals surface area contributed by atoms with E-state index in [1.54, 1.807) is 6.92 Å². The summed E-state index contributed by atoms with van der Waals surface area (Å²) in [6.45, 7) is 3.62. The van der Waals surface area contributed by atoms with Crippen molar-refractivity contribution in [1.29, 1.82) is 0 Å². The van der Waals surface area contributed by atoms with Crippen LogP contribution < -0.4 is 4.99 Å². The van der Waals surface area contributed by atoms with Gasteiger partial charge in [0.05, 0.1) is 12.0 Å². The molecule has 0 fully saturated rings. The lowest BCUT2D eigenvalue weighted by molar-refractivity contribution is -0.387. The number of aliphatic hydroxyl groups is 1. The number of nitrogens with one attached hydrogen (secondary N) is 1. The minimum absolute atomic E-state index is 0.00579. The van der Waals surface area contributed by atoms with Gasteiger partial charge in [0.25, 0.3) is 0 Å². The van der Waals surface area contributed by atoms with Gasteiger partial charge < -0.3 is 5.11 Å². The summed E-state index contributed by atoms with van der Waals surface area (Å²) in [6.07, 6.45) is 0.399. The van der Waals surface area contributed by atoms with Gasteiger partial charge in [-0.25, -0.2) is 4.79 Å². The maximum absolute atomic E-state index is 10.7. The van der Waals surface area contributed by atoms with Gasteiger partial charge in [-0.1, -0.05) is 0 Å². The fourth-order valence-electron chi connectivity index (χ4n) is 0.846. The van der Waals surface area contributed by atoms with E-state index in [2.05, 4.69) is 4.99 Å². The molecule has 0 aromatic carbocycles. The van der Waals surface area contributed by atoms with E-state index in [-0.39, 0.29) is 11.8 Å². The standard InChI is InChI=1S/C7H9NO2/c1-4-3-6(9)8-7(10)5(4)2/h3H2,1-2H3,(H,8,9,10)/p+1. The van der Waals surface area contributed by atoms with Crippen molar-refractivity contribution < 1.29 is 14.9 Å². The number of amides is 1. The first-order valence-electron chi connectivity index (χ1n) is 3.13. The van der Waals surface area contributed by atoms with E-state index in [0.717, 1.165) is 11.1 Å². The van der Waals surface area contributed by atoms with Gasteiger partial charge in [-0.3, -0.25) is 0 Å². The number of aliphatic hydroxyl groups excluding tert-OH is 1. The van der Waals surface area contributed by atoms with Crippen LogP contribution in [0.25, 0.3) is 0 Å². The number of hydrogen-bond donors (Lipinski definition) is 2. The van der Waals surface area contributed by atoms with Gasteiger partial charge in [-0.05, 0) is 19.4 Å². The average Bonchev–Trinajstić information content (AvgIpc) is 1.82. The molecule has 0 saturated heterocycles. The highest BCUT2D eigenvalue weighted by atomic mass is 16.3. The maximum atomic E-state index is 10.7. The minimum Gasteiger partial charge on any atom is -0.460 e. The first-order valence-corrected chi connectivity index (χ1v) is 3.13. The summed E-state index contributed by atoms with van der Waals surface area (Å²) in [5.41, 5.74) is 1.71. The van der Waals surface area contributed by atoms with E-state index in [9.17, 15) is 4.79 Å². The molecule has 0 bridgehead atoms. The predicted octanol–water partition coefficient (Wildman–Crippen LogP) is -0.710. The van der Waals surface area contributed by atoms with Crippen LogP contribution in [-0.4, -0.2) is 16.9 Å². The SMILES string of the molecule is CC1=C(C)C(O)=[NH+]C(=O)C1. The summed E-state index contributed by atoms with van der Waals surface area (Å²) in [5, 5.41) is 9.05. The van der Waals surface area contributed by atoms with Crippen LogP contribution >= 0.6 is 0 Å². The lowest BCUT2D eigenvalue weighted by Gasteiger charge is -2.02. The number of rotatable bonds is 0. The van der Waals surface area contributed by atoms with Crippen LogP contribution in [0.2, 0.25) is 0 Å². The number of carbonyl (C=O) groups is 1. The van der Waals surface area contributed by atoms with Crippen molar-refractivity contribution >= 4 is 11.8 Å². The Hall–Kier alpha value is -1.12. The molecule has 1 aliphatic rings. The maximum Gasteiger partial charge on any atom is 0.392 e. The van der Waals surface area contributed by atoms with Crippen LogP contribution in [0.5, 0.6) is 0 Å². The zero-order chi connectivity index (χ0) is 7.72. The second-order valence-electron chi connectivity index (χ2n) is 2.48. The number of carbonyl (C=O) groups excluding carboxylic acids is 1. The van der Waals surface area contributed by atoms with E-state index in [4.69, 9.17) is 5.11 Å². The molecule has 1 rings (SSSR count). The Morgan fingerprint density at radius 1 is 1.50 bits per heavy atom. The predicted molar refractivity (Wildman–Crippen MR) is 36.6 cm³/mol. The molecule has 0 spiro atoms. The van der Waals surface area contributed by atoms with Gasteiger partial charge in [0.1, 0.15) is 0 Å². The molecule has 1 aliphatic heterocycles. The van der Waals surface area contributed by atoms with Crippen LogP contribution in [0.1, 0.15) is 20.3 Å². The van der Waals surface area contributed by atoms with E-state index in [1.807, 2.05) is 6.92 Å². The van der Waals surface area contributed by atoms with E-state index in [1.165, 1.54) is 0 Å². The van der Waals surface area contributed by atoms with Crippen LogP contribution in [0, 0.1) is 0 Å². The summed E-state index contributed by atoms with van der Waals surface area (Å²) in [4.78, 5) is 13.0. The third kappa shape index (κ3) is 1.07. The molecule has 0 unspecified atom stereocenters. The monoisotopic (exact) mass is 140 g/mol. The molecule has 1 heterocycles. The molecule has 0 atom stereocenters. The van der Waals surface area contributed by atoms with Crippen molar-refractivity contribution in [2.45, 2.75) is 20.3 Å². The molecule has 0 aromatic heterocycles. The number of hydrogen-bond acceptors (Lipinski definition) is 1. The van der Waals surface area contributed by atoms with Crippen molar-refractivity contribution in [3.8, 4) is 0 Å². The first-order chi connectivity index (χ1) is 4.61. The Labute approximate surface area is 59.1 Å². The van der Waals surface area contributed by atoms with Gasteiger partial charge in [0.15, 0.2) is 0 Å². The molecule has 2 N–H and O–H groups in total. The van der Waals surface area contributed by atoms with Crippen molar-refractivity contribution in [1.82, 2.24) is 0 Å². The van der Waals surface area contributed by atoms with Crippen molar-refractivity contribution in [2.24, 2.45) is 0 Å². The Balaban J connectivity index is 3.01. The van der Waals surface area contributed by atoms with Gasteiger partial charge in [0.2, 0.25) is 0 Å². The van der Waals surface area contributed by atoms with Gasteiger partial charge in [-0.2, -0.15) is 0 Å². The molecule has 0 radical (unpaired) electrons. The van der Waals surface area contributed by atoms with Crippen LogP contribution in [0.4, 0.5) is 0 Å². The second kappa shape index (κ2) is 2.25. The topological polar surface area (TPSA) is 51.3 Å². The fraction of sp³-hybridized carbons (Fsp3) is 0.429.